The van der Waals surface area contributed by atoms with Gasteiger partial charge in [-0.25, -0.2) is 0 Å². The molecule has 0 atom stereocenters. The first kappa shape index (κ1) is 14.1. The van der Waals surface area contributed by atoms with Crippen molar-refractivity contribution in [3.8, 4) is 0 Å². The first-order valence-electron chi connectivity index (χ1n) is 6.49. The molecule has 0 radical (unpaired) electrons. The molecule has 0 saturated carbocycles. The summed E-state index contributed by atoms with van der Waals surface area (Å²) in [4.78, 5) is 12.1. The molecule has 1 aromatic rings. The Morgan fingerprint density at radius 3 is 2.65 bits per heavy atom. The van der Waals surface area contributed by atoms with Crippen LogP contribution in [-0.2, 0) is 9.53 Å². The molecule has 1 aliphatic rings. The van der Waals surface area contributed by atoms with E-state index in [1.807, 2.05) is 45.0 Å². The second-order valence-corrected chi connectivity index (χ2v) is 5.02. The highest BCUT2D eigenvalue weighted by Gasteiger charge is 2.24. The van der Waals surface area contributed by atoms with Crippen LogP contribution in [0.15, 0.2) is 47.8 Å². The average Bonchev–Trinajstić information content (AvgIpc) is 2.70. The Balaban J connectivity index is 2.58. The number of allylic oxidation sites excluding steroid dienone is 4. The maximum absolute atomic E-state index is 12.1. The number of methoxy groups -OCH3 is 1. The smallest absolute Gasteiger partial charge is 0.256 e. The van der Waals surface area contributed by atoms with Crippen LogP contribution in [0.4, 0.5) is 5.69 Å². The number of ether oxygens (including phenoxy) is 1. The highest BCUT2D eigenvalue weighted by molar-refractivity contribution is 6.32. The predicted octanol–water partition coefficient (Wildman–Crippen LogP) is 3.83. The third kappa shape index (κ3) is 2.52. The van der Waals surface area contributed by atoms with E-state index in [-0.39, 0.29) is 5.91 Å². The summed E-state index contributed by atoms with van der Waals surface area (Å²) in [6.45, 7) is 9.73. The minimum atomic E-state index is -0.0896. The van der Waals surface area contributed by atoms with Crippen LogP contribution in [0.25, 0.3) is 5.57 Å². The summed E-state index contributed by atoms with van der Waals surface area (Å²) < 4.78 is 5.27. The first-order valence-corrected chi connectivity index (χ1v) is 6.49. The second-order valence-electron chi connectivity index (χ2n) is 5.02. The van der Waals surface area contributed by atoms with Crippen molar-refractivity contribution in [1.82, 2.24) is 0 Å². The van der Waals surface area contributed by atoms with Crippen LogP contribution in [0, 0.1) is 6.92 Å². The topological polar surface area (TPSA) is 38.3 Å². The zero-order valence-electron chi connectivity index (χ0n) is 12.3. The number of carbonyl (C=O) groups is 1. The van der Waals surface area contributed by atoms with Gasteiger partial charge >= 0.3 is 0 Å². The molecule has 0 bridgehead atoms. The number of carbonyl (C=O) groups excluding carboxylic acids is 1. The van der Waals surface area contributed by atoms with Gasteiger partial charge in [-0.05, 0) is 44.6 Å². The third-order valence-electron chi connectivity index (χ3n) is 3.39. The SMILES string of the molecule is C=C(C)C(/C=C1\C(=O)Nc2ccc(C)cc21)=C(/C)OC. The van der Waals surface area contributed by atoms with E-state index in [1.165, 1.54) is 0 Å². The number of hydrogen-bond donors (Lipinski definition) is 1. The summed E-state index contributed by atoms with van der Waals surface area (Å²) in [7, 11) is 1.61. The molecule has 0 aromatic heterocycles. The van der Waals surface area contributed by atoms with Crippen LogP contribution in [-0.4, -0.2) is 13.0 Å². The third-order valence-corrected chi connectivity index (χ3v) is 3.39. The van der Waals surface area contributed by atoms with E-state index >= 15 is 0 Å². The quantitative estimate of drug-likeness (QED) is 0.514. The molecule has 1 heterocycles. The molecule has 1 aromatic carbocycles. The predicted molar refractivity (Wildman–Crippen MR) is 82.3 cm³/mol. The molecule has 104 valence electrons. The zero-order valence-corrected chi connectivity index (χ0v) is 12.3. The molecule has 0 unspecified atom stereocenters. The van der Waals surface area contributed by atoms with Crippen molar-refractivity contribution < 1.29 is 9.53 Å². The number of hydrogen-bond acceptors (Lipinski definition) is 2. The summed E-state index contributed by atoms with van der Waals surface area (Å²) in [6, 6.07) is 5.92. The maximum atomic E-state index is 12.1. The lowest BCUT2D eigenvalue weighted by atomic mass is 9.99. The molecule has 20 heavy (non-hydrogen) atoms. The largest absolute Gasteiger partial charge is 0.501 e. The average molecular weight is 269 g/mol. The standard InChI is InChI=1S/C17H19NO2/c1-10(2)13(12(4)20-5)9-15-14-8-11(3)6-7-16(14)18-17(15)19/h6-9H,1H2,2-5H3,(H,18,19)/b13-12-,15-9-. The van der Waals surface area contributed by atoms with Gasteiger partial charge in [0.15, 0.2) is 0 Å². The van der Waals surface area contributed by atoms with E-state index in [0.717, 1.165) is 33.7 Å². The van der Waals surface area contributed by atoms with Crippen molar-refractivity contribution in [2.45, 2.75) is 20.8 Å². The highest BCUT2D eigenvalue weighted by atomic mass is 16.5. The Labute approximate surface area is 119 Å². The molecule has 0 spiro atoms. The van der Waals surface area contributed by atoms with Gasteiger partial charge in [0, 0.05) is 22.4 Å². The van der Waals surface area contributed by atoms with Crippen LogP contribution in [0.3, 0.4) is 0 Å². The highest BCUT2D eigenvalue weighted by Crippen LogP contribution is 2.34. The number of amides is 1. The Morgan fingerprint density at radius 2 is 2.05 bits per heavy atom. The molecule has 3 heteroatoms. The normalized spacial score (nSPS) is 16.6. The van der Waals surface area contributed by atoms with Crippen molar-refractivity contribution in [3.05, 3.63) is 58.9 Å². The number of nitrogens with one attached hydrogen (secondary N) is 1. The van der Waals surface area contributed by atoms with Gasteiger partial charge in [0.1, 0.15) is 0 Å². The van der Waals surface area contributed by atoms with Gasteiger partial charge in [-0.1, -0.05) is 18.2 Å². The molecular formula is C17H19NO2. The molecule has 3 nitrogen and oxygen atoms in total. The van der Waals surface area contributed by atoms with Gasteiger partial charge in [0.2, 0.25) is 0 Å². The van der Waals surface area contributed by atoms with Crippen molar-refractivity contribution in [2.75, 3.05) is 12.4 Å². The van der Waals surface area contributed by atoms with E-state index in [4.69, 9.17) is 4.74 Å². The monoisotopic (exact) mass is 269 g/mol. The minimum Gasteiger partial charge on any atom is -0.501 e. The lowest BCUT2D eigenvalue weighted by Crippen LogP contribution is -2.04. The van der Waals surface area contributed by atoms with Crippen LogP contribution < -0.4 is 5.32 Å². The summed E-state index contributed by atoms with van der Waals surface area (Å²) in [5.41, 5.74) is 5.27. The first-order chi connectivity index (χ1) is 9.43. The minimum absolute atomic E-state index is 0.0896. The van der Waals surface area contributed by atoms with Crippen LogP contribution in [0.5, 0.6) is 0 Å². The Kier molecular flexibility index (Phi) is 3.79. The van der Waals surface area contributed by atoms with Crippen LogP contribution >= 0.6 is 0 Å². The van der Waals surface area contributed by atoms with Gasteiger partial charge < -0.3 is 10.1 Å². The molecule has 2 rings (SSSR count). The number of anilines is 1. The van der Waals surface area contributed by atoms with E-state index < -0.39 is 0 Å². The lowest BCUT2D eigenvalue weighted by molar-refractivity contribution is -0.110. The van der Waals surface area contributed by atoms with Crippen LogP contribution in [0.1, 0.15) is 25.0 Å². The number of fused-ring (bicyclic) bond motifs is 1. The van der Waals surface area contributed by atoms with Crippen molar-refractivity contribution in [1.29, 1.82) is 0 Å². The van der Waals surface area contributed by atoms with Gasteiger partial charge in [-0.2, -0.15) is 0 Å². The number of aryl methyl sites for hydroxylation is 1. The van der Waals surface area contributed by atoms with Crippen molar-refractivity contribution in [3.63, 3.8) is 0 Å². The summed E-state index contributed by atoms with van der Waals surface area (Å²) in [5, 5.41) is 2.88. The Bertz CT molecular complexity index is 651. The summed E-state index contributed by atoms with van der Waals surface area (Å²) >= 11 is 0. The Morgan fingerprint density at radius 1 is 1.35 bits per heavy atom. The summed E-state index contributed by atoms with van der Waals surface area (Å²) in [6.07, 6.45) is 1.85. The fourth-order valence-electron chi connectivity index (χ4n) is 2.22. The second kappa shape index (κ2) is 5.37. The van der Waals surface area contributed by atoms with Crippen molar-refractivity contribution >= 4 is 17.2 Å². The van der Waals surface area contributed by atoms with Gasteiger partial charge in [-0.15, -0.1) is 0 Å². The van der Waals surface area contributed by atoms with E-state index in [2.05, 4.69) is 11.9 Å². The van der Waals surface area contributed by atoms with Gasteiger partial charge in [0.25, 0.3) is 5.91 Å². The molecule has 1 aliphatic heterocycles. The molecule has 0 saturated heterocycles. The van der Waals surface area contributed by atoms with E-state index in [1.54, 1.807) is 7.11 Å². The number of benzene rings is 1. The lowest BCUT2D eigenvalue weighted by Gasteiger charge is -2.08. The number of rotatable bonds is 3. The van der Waals surface area contributed by atoms with Crippen LogP contribution in [0.2, 0.25) is 0 Å². The molecule has 1 amide bonds. The summed E-state index contributed by atoms with van der Waals surface area (Å²) in [5.74, 6) is 0.659. The molecule has 0 fully saturated rings. The Hall–Kier alpha value is -2.29. The molecule has 1 N–H and O–H groups in total. The molecular weight excluding hydrogens is 250 g/mol. The van der Waals surface area contributed by atoms with E-state index in [9.17, 15) is 4.79 Å². The zero-order chi connectivity index (χ0) is 14.9. The molecule has 0 aliphatic carbocycles. The fourth-order valence-corrected chi connectivity index (χ4v) is 2.22. The fraction of sp³-hybridized carbons (Fsp3) is 0.235. The maximum Gasteiger partial charge on any atom is 0.256 e. The van der Waals surface area contributed by atoms with Crippen molar-refractivity contribution in [2.24, 2.45) is 0 Å². The van der Waals surface area contributed by atoms with E-state index in [0.29, 0.717) is 5.57 Å². The van der Waals surface area contributed by atoms with Gasteiger partial charge in [-0.3, -0.25) is 4.79 Å². The van der Waals surface area contributed by atoms with Gasteiger partial charge in [0.05, 0.1) is 12.9 Å².